The molecule has 1 amide bonds. The Bertz CT molecular complexity index is 514. The van der Waals surface area contributed by atoms with Crippen LogP contribution >= 0.6 is 0 Å². The van der Waals surface area contributed by atoms with E-state index in [0.29, 0.717) is 6.04 Å². The van der Waals surface area contributed by atoms with E-state index < -0.39 is 28.9 Å². The Kier molecular flexibility index (Phi) is 5.22. The van der Waals surface area contributed by atoms with Crippen LogP contribution in [0.15, 0.2) is 12.1 Å². The molecule has 2 rings (SSSR count). The predicted octanol–water partition coefficient (Wildman–Crippen LogP) is 2.75. The summed E-state index contributed by atoms with van der Waals surface area (Å²) in [5, 5.41) is 6.04. The van der Waals surface area contributed by atoms with Gasteiger partial charge in [-0.15, -0.1) is 0 Å². The summed E-state index contributed by atoms with van der Waals surface area (Å²) >= 11 is 0. The average molecular weight is 300 g/mol. The van der Waals surface area contributed by atoms with Crippen molar-refractivity contribution in [1.29, 1.82) is 0 Å². The van der Waals surface area contributed by atoms with Crippen molar-refractivity contribution >= 4 is 5.91 Å². The first-order chi connectivity index (χ1) is 10.0. The molecule has 0 bridgehead atoms. The fourth-order valence-electron chi connectivity index (χ4n) is 2.69. The Morgan fingerprint density at radius 1 is 1.10 bits per heavy atom. The second-order valence-corrected chi connectivity index (χ2v) is 5.30. The topological polar surface area (TPSA) is 41.1 Å². The minimum atomic E-state index is -1.61. The van der Waals surface area contributed by atoms with Crippen molar-refractivity contribution in [3.8, 4) is 0 Å². The summed E-state index contributed by atoms with van der Waals surface area (Å²) in [5.41, 5.74) is -0.456. The van der Waals surface area contributed by atoms with Gasteiger partial charge in [0.15, 0.2) is 17.5 Å². The number of carbonyl (C=O) groups excluding carboxylic acids is 1. The van der Waals surface area contributed by atoms with E-state index in [2.05, 4.69) is 10.6 Å². The average Bonchev–Trinajstić information content (AvgIpc) is 2.47. The van der Waals surface area contributed by atoms with E-state index >= 15 is 0 Å². The Morgan fingerprint density at radius 3 is 2.33 bits per heavy atom. The first kappa shape index (κ1) is 15.8. The van der Waals surface area contributed by atoms with Gasteiger partial charge in [0.25, 0.3) is 5.91 Å². The van der Waals surface area contributed by atoms with Crippen molar-refractivity contribution in [3.63, 3.8) is 0 Å². The molecule has 1 aliphatic rings. The normalized spacial score (nSPS) is 22.1. The van der Waals surface area contributed by atoms with Crippen LogP contribution in [0.1, 0.15) is 43.0 Å². The van der Waals surface area contributed by atoms with Crippen molar-refractivity contribution in [2.24, 2.45) is 0 Å². The molecule has 1 fully saturated rings. The zero-order valence-corrected chi connectivity index (χ0v) is 11.9. The number of rotatable bonds is 4. The van der Waals surface area contributed by atoms with Crippen LogP contribution in [0.2, 0.25) is 0 Å². The third-order valence-electron chi connectivity index (χ3n) is 3.84. The monoisotopic (exact) mass is 300 g/mol. The van der Waals surface area contributed by atoms with Crippen molar-refractivity contribution < 1.29 is 18.0 Å². The highest BCUT2D eigenvalue weighted by molar-refractivity contribution is 5.94. The molecule has 0 atom stereocenters. The Labute approximate surface area is 121 Å². The quantitative estimate of drug-likeness (QED) is 0.840. The van der Waals surface area contributed by atoms with E-state index in [-0.39, 0.29) is 6.04 Å². The van der Waals surface area contributed by atoms with Crippen LogP contribution in [0.4, 0.5) is 13.2 Å². The molecular weight excluding hydrogens is 281 g/mol. The van der Waals surface area contributed by atoms with Gasteiger partial charge in [0, 0.05) is 12.1 Å². The Morgan fingerprint density at radius 2 is 1.71 bits per heavy atom. The molecular formula is C15H19F3N2O. The molecule has 116 valence electrons. The van der Waals surface area contributed by atoms with Gasteiger partial charge in [0.1, 0.15) is 0 Å². The molecule has 2 N–H and O–H groups in total. The maximum absolute atomic E-state index is 13.5. The van der Waals surface area contributed by atoms with Crippen molar-refractivity contribution in [2.75, 3.05) is 6.54 Å². The Balaban J connectivity index is 1.95. The lowest BCUT2D eigenvalue weighted by molar-refractivity contribution is 0.0919. The van der Waals surface area contributed by atoms with Crippen LogP contribution in [-0.4, -0.2) is 24.5 Å². The maximum atomic E-state index is 13.5. The number of carbonyl (C=O) groups is 1. The molecule has 6 heteroatoms. The van der Waals surface area contributed by atoms with Crippen LogP contribution in [0, 0.1) is 17.5 Å². The van der Waals surface area contributed by atoms with Gasteiger partial charge in [-0.2, -0.15) is 0 Å². The van der Waals surface area contributed by atoms with Crippen LogP contribution in [0.25, 0.3) is 0 Å². The molecule has 1 aliphatic carbocycles. The summed E-state index contributed by atoms with van der Waals surface area (Å²) in [5.74, 6) is -5.04. The van der Waals surface area contributed by atoms with E-state index in [1.807, 2.05) is 6.92 Å². The molecule has 0 spiro atoms. The number of nitrogens with one attached hydrogen (secondary N) is 2. The summed E-state index contributed by atoms with van der Waals surface area (Å²) in [6.45, 7) is 2.95. The number of hydrogen-bond acceptors (Lipinski definition) is 2. The van der Waals surface area contributed by atoms with Crippen molar-refractivity contribution in [1.82, 2.24) is 10.6 Å². The van der Waals surface area contributed by atoms with Gasteiger partial charge in [-0.3, -0.25) is 4.79 Å². The third-order valence-corrected chi connectivity index (χ3v) is 3.84. The molecule has 1 aromatic carbocycles. The second kappa shape index (κ2) is 6.93. The van der Waals surface area contributed by atoms with E-state index in [4.69, 9.17) is 0 Å². The fraction of sp³-hybridized carbons (Fsp3) is 0.533. The van der Waals surface area contributed by atoms with Crippen LogP contribution in [-0.2, 0) is 0 Å². The summed E-state index contributed by atoms with van der Waals surface area (Å²) in [6.07, 6.45) is 3.43. The van der Waals surface area contributed by atoms with E-state index in [1.54, 1.807) is 0 Å². The first-order valence-corrected chi connectivity index (χ1v) is 7.20. The SMILES string of the molecule is CCNC1CCC(NC(=O)c2ccc(F)c(F)c2F)CC1. The number of amides is 1. The molecule has 21 heavy (non-hydrogen) atoms. The zero-order chi connectivity index (χ0) is 15.4. The largest absolute Gasteiger partial charge is 0.349 e. The van der Waals surface area contributed by atoms with Gasteiger partial charge in [0.2, 0.25) is 0 Å². The molecule has 0 unspecified atom stereocenters. The lowest BCUT2D eigenvalue weighted by Gasteiger charge is -2.29. The zero-order valence-electron chi connectivity index (χ0n) is 11.9. The standard InChI is InChI=1S/C15H19F3N2O/c1-2-19-9-3-5-10(6-4-9)20-15(21)11-7-8-12(16)14(18)13(11)17/h7-10,19H,2-6H2,1H3,(H,20,21). The van der Waals surface area contributed by atoms with Gasteiger partial charge in [-0.25, -0.2) is 13.2 Å². The van der Waals surface area contributed by atoms with Gasteiger partial charge in [-0.1, -0.05) is 6.92 Å². The van der Waals surface area contributed by atoms with Crippen molar-refractivity contribution in [3.05, 3.63) is 35.1 Å². The molecule has 1 aromatic rings. The molecule has 0 heterocycles. The Hall–Kier alpha value is -1.56. The van der Waals surface area contributed by atoms with Crippen LogP contribution in [0.3, 0.4) is 0 Å². The molecule has 0 saturated heterocycles. The van der Waals surface area contributed by atoms with Gasteiger partial charge < -0.3 is 10.6 Å². The second-order valence-electron chi connectivity index (χ2n) is 5.30. The lowest BCUT2D eigenvalue weighted by Crippen LogP contribution is -2.42. The van der Waals surface area contributed by atoms with E-state index in [0.717, 1.165) is 44.4 Å². The van der Waals surface area contributed by atoms with E-state index in [1.165, 1.54) is 0 Å². The lowest BCUT2D eigenvalue weighted by atomic mass is 9.91. The highest BCUT2D eigenvalue weighted by Crippen LogP contribution is 2.20. The molecule has 1 saturated carbocycles. The van der Waals surface area contributed by atoms with Gasteiger partial charge >= 0.3 is 0 Å². The molecule has 0 radical (unpaired) electrons. The summed E-state index contributed by atoms with van der Waals surface area (Å²) in [4.78, 5) is 11.9. The molecule has 0 aliphatic heterocycles. The number of benzene rings is 1. The van der Waals surface area contributed by atoms with Crippen LogP contribution in [0.5, 0.6) is 0 Å². The predicted molar refractivity (Wildman–Crippen MR) is 73.5 cm³/mol. The third kappa shape index (κ3) is 3.75. The first-order valence-electron chi connectivity index (χ1n) is 7.20. The molecule has 3 nitrogen and oxygen atoms in total. The number of halogens is 3. The van der Waals surface area contributed by atoms with E-state index in [9.17, 15) is 18.0 Å². The van der Waals surface area contributed by atoms with Gasteiger partial charge in [-0.05, 0) is 44.4 Å². The fourth-order valence-corrected chi connectivity index (χ4v) is 2.69. The van der Waals surface area contributed by atoms with Gasteiger partial charge in [0.05, 0.1) is 5.56 Å². The summed E-state index contributed by atoms with van der Waals surface area (Å²) < 4.78 is 39.5. The van der Waals surface area contributed by atoms with Crippen molar-refractivity contribution in [2.45, 2.75) is 44.7 Å². The smallest absolute Gasteiger partial charge is 0.254 e. The highest BCUT2D eigenvalue weighted by Gasteiger charge is 2.24. The number of hydrogen-bond donors (Lipinski definition) is 2. The minimum Gasteiger partial charge on any atom is -0.349 e. The summed E-state index contributed by atoms with van der Waals surface area (Å²) in [6, 6.07) is 2.12. The van der Waals surface area contributed by atoms with Crippen LogP contribution < -0.4 is 10.6 Å². The minimum absolute atomic E-state index is 0.0556. The maximum Gasteiger partial charge on any atom is 0.254 e. The molecule has 0 aromatic heterocycles. The highest BCUT2D eigenvalue weighted by atomic mass is 19.2. The summed E-state index contributed by atoms with van der Waals surface area (Å²) in [7, 11) is 0.